The Morgan fingerprint density at radius 1 is 1.25 bits per heavy atom. The minimum absolute atomic E-state index is 0.0578. The molecule has 0 spiro atoms. The average Bonchev–Trinajstić information content (AvgIpc) is 2.38. The van der Waals surface area contributed by atoms with Gasteiger partial charge in [0, 0.05) is 23.7 Å². The van der Waals surface area contributed by atoms with Crippen molar-refractivity contribution in [3.63, 3.8) is 0 Å². The van der Waals surface area contributed by atoms with Crippen LogP contribution in [0.5, 0.6) is 5.75 Å². The first-order valence-corrected chi connectivity index (χ1v) is 6.93. The molecule has 0 bridgehead atoms. The van der Waals surface area contributed by atoms with Gasteiger partial charge in [-0.15, -0.1) is 0 Å². The maximum Gasteiger partial charge on any atom is 0.127 e. The molecule has 0 aliphatic rings. The van der Waals surface area contributed by atoms with Gasteiger partial charge in [-0.25, -0.2) is 4.39 Å². The molecule has 0 heterocycles. The quantitative estimate of drug-likeness (QED) is 0.855. The normalized spacial score (nSPS) is 12.3. The lowest BCUT2D eigenvalue weighted by molar-refractivity contribution is 0.465. The number of rotatable bonds is 5. The van der Waals surface area contributed by atoms with E-state index < -0.39 is 5.82 Å². The van der Waals surface area contributed by atoms with E-state index in [1.165, 1.54) is 6.07 Å². The van der Waals surface area contributed by atoms with E-state index in [1.807, 2.05) is 24.3 Å². The zero-order valence-corrected chi connectivity index (χ0v) is 12.0. The highest BCUT2D eigenvalue weighted by atomic mass is 35.5. The molecule has 1 atom stereocenters. The summed E-state index contributed by atoms with van der Waals surface area (Å²) in [4.78, 5) is 0. The number of hydrogen-bond acceptors (Lipinski definition) is 2. The molecule has 0 aliphatic heterocycles. The SMILES string of the molecule is CCC(NCc1cc(O)cc(F)c1)c1cccc(Cl)c1. The highest BCUT2D eigenvalue weighted by Gasteiger charge is 2.09. The molecule has 2 rings (SSSR count). The predicted octanol–water partition coefficient (Wildman–Crippen LogP) is 4.43. The average molecular weight is 294 g/mol. The van der Waals surface area contributed by atoms with Gasteiger partial charge in [0.2, 0.25) is 0 Å². The van der Waals surface area contributed by atoms with Crippen molar-refractivity contribution in [3.8, 4) is 5.75 Å². The van der Waals surface area contributed by atoms with Crippen molar-refractivity contribution >= 4 is 11.6 Å². The molecule has 20 heavy (non-hydrogen) atoms. The molecule has 0 saturated carbocycles. The molecule has 106 valence electrons. The Hall–Kier alpha value is -1.58. The first kappa shape index (κ1) is 14.8. The summed E-state index contributed by atoms with van der Waals surface area (Å²) in [7, 11) is 0. The zero-order chi connectivity index (χ0) is 14.5. The van der Waals surface area contributed by atoms with E-state index in [4.69, 9.17) is 11.6 Å². The number of phenolic OH excluding ortho intramolecular Hbond substituents is 1. The van der Waals surface area contributed by atoms with E-state index in [0.29, 0.717) is 17.1 Å². The summed E-state index contributed by atoms with van der Waals surface area (Å²) < 4.78 is 13.2. The van der Waals surface area contributed by atoms with Crippen LogP contribution in [-0.2, 0) is 6.54 Å². The number of hydrogen-bond donors (Lipinski definition) is 2. The number of phenols is 1. The van der Waals surface area contributed by atoms with Crippen LogP contribution < -0.4 is 5.32 Å². The fraction of sp³-hybridized carbons (Fsp3) is 0.250. The first-order chi connectivity index (χ1) is 9.58. The fourth-order valence-electron chi connectivity index (χ4n) is 2.20. The molecular weight excluding hydrogens is 277 g/mol. The Bertz CT molecular complexity index is 568. The van der Waals surface area contributed by atoms with Crippen LogP contribution in [0.3, 0.4) is 0 Å². The highest BCUT2D eigenvalue weighted by molar-refractivity contribution is 6.30. The summed E-state index contributed by atoms with van der Waals surface area (Å²) >= 11 is 5.99. The van der Waals surface area contributed by atoms with Crippen molar-refractivity contribution in [3.05, 3.63) is 64.4 Å². The maximum absolute atomic E-state index is 13.2. The lowest BCUT2D eigenvalue weighted by atomic mass is 10.0. The van der Waals surface area contributed by atoms with Gasteiger partial charge in [-0.2, -0.15) is 0 Å². The number of benzene rings is 2. The van der Waals surface area contributed by atoms with Crippen LogP contribution in [0.15, 0.2) is 42.5 Å². The number of nitrogens with one attached hydrogen (secondary N) is 1. The van der Waals surface area contributed by atoms with Crippen LogP contribution in [0, 0.1) is 5.82 Å². The molecular formula is C16H17ClFNO. The number of halogens is 2. The van der Waals surface area contributed by atoms with Gasteiger partial charge in [-0.1, -0.05) is 30.7 Å². The molecule has 0 saturated heterocycles. The smallest absolute Gasteiger partial charge is 0.127 e. The van der Waals surface area contributed by atoms with E-state index in [0.717, 1.165) is 18.1 Å². The topological polar surface area (TPSA) is 32.3 Å². The summed E-state index contributed by atoms with van der Waals surface area (Å²) in [6.07, 6.45) is 0.891. The van der Waals surface area contributed by atoms with Crippen molar-refractivity contribution in [2.24, 2.45) is 0 Å². The molecule has 1 unspecified atom stereocenters. The minimum atomic E-state index is -0.433. The summed E-state index contributed by atoms with van der Waals surface area (Å²) in [5.74, 6) is -0.491. The highest BCUT2D eigenvalue weighted by Crippen LogP contribution is 2.21. The Labute approximate surface area is 123 Å². The Morgan fingerprint density at radius 3 is 2.70 bits per heavy atom. The Morgan fingerprint density at radius 2 is 2.05 bits per heavy atom. The van der Waals surface area contributed by atoms with Crippen molar-refractivity contribution in [1.29, 1.82) is 0 Å². The van der Waals surface area contributed by atoms with Crippen LogP contribution in [0.4, 0.5) is 4.39 Å². The van der Waals surface area contributed by atoms with E-state index in [2.05, 4.69) is 12.2 Å². The van der Waals surface area contributed by atoms with Crippen molar-refractivity contribution in [1.82, 2.24) is 5.32 Å². The van der Waals surface area contributed by atoms with Gasteiger partial charge in [0.15, 0.2) is 0 Å². The molecule has 2 aromatic rings. The van der Waals surface area contributed by atoms with Gasteiger partial charge >= 0.3 is 0 Å². The largest absolute Gasteiger partial charge is 0.508 e. The van der Waals surface area contributed by atoms with E-state index >= 15 is 0 Å². The zero-order valence-electron chi connectivity index (χ0n) is 11.2. The third kappa shape index (κ3) is 3.95. The summed E-state index contributed by atoms with van der Waals surface area (Å²) in [5, 5.41) is 13.4. The maximum atomic E-state index is 13.2. The van der Waals surface area contributed by atoms with Gasteiger partial charge in [0.05, 0.1) is 0 Å². The number of aromatic hydroxyl groups is 1. The van der Waals surface area contributed by atoms with Crippen molar-refractivity contribution < 1.29 is 9.50 Å². The third-order valence-electron chi connectivity index (χ3n) is 3.15. The van der Waals surface area contributed by atoms with Crippen LogP contribution in [0.25, 0.3) is 0 Å². The monoisotopic (exact) mass is 293 g/mol. The Balaban J connectivity index is 2.07. The Kier molecular flexibility index (Phi) is 4.99. The van der Waals surface area contributed by atoms with E-state index in [9.17, 15) is 9.50 Å². The van der Waals surface area contributed by atoms with Gasteiger partial charge in [-0.3, -0.25) is 0 Å². The molecule has 0 amide bonds. The van der Waals surface area contributed by atoms with E-state index in [1.54, 1.807) is 6.07 Å². The second kappa shape index (κ2) is 6.73. The van der Waals surface area contributed by atoms with Gasteiger partial charge in [-0.05, 0) is 41.8 Å². The lowest BCUT2D eigenvalue weighted by Gasteiger charge is -2.18. The molecule has 0 aliphatic carbocycles. The standard InChI is InChI=1S/C16H17ClFNO/c1-2-16(12-4-3-5-13(17)8-12)19-10-11-6-14(18)9-15(20)7-11/h3-9,16,19-20H,2,10H2,1H3. The molecule has 2 nitrogen and oxygen atoms in total. The second-order valence-electron chi connectivity index (χ2n) is 4.71. The van der Waals surface area contributed by atoms with Crippen LogP contribution in [-0.4, -0.2) is 5.11 Å². The predicted molar refractivity (Wildman–Crippen MR) is 79.4 cm³/mol. The van der Waals surface area contributed by atoms with E-state index in [-0.39, 0.29) is 11.8 Å². The molecule has 0 radical (unpaired) electrons. The first-order valence-electron chi connectivity index (χ1n) is 6.55. The lowest BCUT2D eigenvalue weighted by Crippen LogP contribution is -2.20. The van der Waals surface area contributed by atoms with Crippen LogP contribution in [0.2, 0.25) is 5.02 Å². The molecule has 2 N–H and O–H groups in total. The fourth-order valence-corrected chi connectivity index (χ4v) is 2.40. The summed E-state index contributed by atoms with van der Waals surface area (Å²) in [6.45, 7) is 2.55. The molecule has 0 fully saturated rings. The third-order valence-corrected chi connectivity index (χ3v) is 3.39. The van der Waals surface area contributed by atoms with Crippen LogP contribution >= 0.6 is 11.6 Å². The second-order valence-corrected chi connectivity index (χ2v) is 5.15. The minimum Gasteiger partial charge on any atom is -0.508 e. The summed E-state index contributed by atoms with van der Waals surface area (Å²) in [5.41, 5.74) is 1.81. The molecule has 2 aromatic carbocycles. The van der Waals surface area contributed by atoms with Gasteiger partial charge in [0.25, 0.3) is 0 Å². The van der Waals surface area contributed by atoms with Crippen molar-refractivity contribution in [2.45, 2.75) is 25.9 Å². The van der Waals surface area contributed by atoms with Gasteiger partial charge in [0.1, 0.15) is 11.6 Å². The van der Waals surface area contributed by atoms with Crippen LogP contribution in [0.1, 0.15) is 30.5 Å². The molecule has 0 aromatic heterocycles. The molecule has 4 heteroatoms. The van der Waals surface area contributed by atoms with Crippen molar-refractivity contribution in [2.75, 3.05) is 0 Å². The van der Waals surface area contributed by atoms with Gasteiger partial charge < -0.3 is 10.4 Å². The summed E-state index contributed by atoms with van der Waals surface area (Å²) in [6, 6.07) is 11.9.